The maximum atomic E-state index is 6.18. The van der Waals surface area contributed by atoms with Crippen molar-refractivity contribution in [2.24, 2.45) is 5.92 Å². The van der Waals surface area contributed by atoms with Crippen molar-refractivity contribution in [1.29, 1.82) is 0 Å². The van der Waals surface area contributed by atoms with Crippen LogP contribution in [0.3, 0.4) is 0 Å². The number of hydrogen-bond donors (Lipinski definition) is 1. The predicted octanol–water partition coefficient (Wildman–Crippen LogP) is 3.33. The van der Waals surface area contributed by atoms with Gasteiger partial charge in [0.1, 0.15) is 5.82 Å². The van der Waals surface area contributed by atoms with E-state index in [9.17, 15) is 0 Å². The van der Waals surface area contributed by atoms with Crippen molar-refractivity contribution in [2.45, 2.75) is 34.2 Å². The van der Waals surface area contributed by atoms with E-state index in [0.717, 1.165) is 42.6 Å². The van der Waals surface area contributed by atoms with E-state index in [1.807, 2.05) is 0 Å². The zero-order valence-electron chi connectivity index (χ0n) is 11.8. The van der Waals surface area contributed by atoms with E-state index in [2.05, 4.69) is 49.0 Å². The first kappa shape index (κ1) is 15.3. The summed E-state index contributed by atoms with van der Waals surface area (Å²) in [6.07, 6.45) is 1.75. The minimum atomic E-state index is 0.646. The van der Waals surface area contributed by atoms with Crippen LogP contribution < -0.4 is 10.2 Å². The summed E-state index contributed by atoms with van der Waals surface area (Å²) >= 11 is 6.18. The van der Waals surface area contributed by atoms with E-state index in [1.165, 1.54) is 0 Å². The lowest BCUT2D eigenvalue weighted by Crippen LogP contribution is -2.24. The van der Waals surface area contributed by atoms with Crippen LogP contribution in [0.2, 0.25) is 5.02 Å². The molecule has 0 aliphatic heterocycles. The Morgan fingerprint density at radius 1 is 1.33 bits per heavy atom. The van der Waals surface area contributed by atoms with Crippen LogP contribution >= 0.6 is 11.6 Å². The van der Waals surface area contributed by atoms with Crippen molar-refractivity contribution in [1.82, 2.24) is 10.3 Å². The minimum absolute atomic E-state index is 0.646. The molecule has 1 heterocycles. The molecule has 0 saturated heterocycles. The molecular formula is C14H24ClN3. The van der Waals surface area contributed by atoms with Crippen LogP contribution in [0.15, 0.2) is 12.3 Å². The summed E-state index contributed by atoms with van der Waals surface area (Å²) in [6, 6.07) is 2.09. The second kappa shape index (κ2) is 7.59. The smallest absolute Gasteiger partial charge is 0.128 e. The summed E-state index contributed by atoms with van der Waals surface area (Å²) in [5.41, 5.74) is 1.12. The first-order valence-corrected chi connectivity index (χ1v) is 7.06. The van der Waals surface area contributed by atoms with Crippen LogP contribution in [-0.2, 0) is 6.54 Å². The summed E-state index contributed by atoms with van der Waals surface area (Å²) in [5.74, 6) is 1.65. The number of hydrogen-bond acceptors (Lipinski definition) is 3. The lowest BCUT2D eigenvalue weighted by Gasteiger charge is -2.20. The minimum Gasteiger partial charge on any atom is -0.357 e. The average molecular weight is 270 g/mol. The van der Waals surface area contributed by atoms with E-state index in [0.29, 0.717) is 5.92 Å². The molecule has 1 N–H and O–H groups in total. The van der Waals surface area contributed by atoms with E-state index in [4.69, 9.17) is 11.6 Å². The lowest BCUT2D eigenvalue weighted by molar-refractivity contribution is 0.552. The summed E-state index contributed by atoms with van der Waals surface area (Å²) in [5, 5.41) is 4.15. The molecule has 3 nitrogen and oxygen atoms in total. The van der Waals surface area contributed by atoms with Crippen molar-refractivity contribution in [3.8, 4) is 0 Å². The molecule has 0 saturated carbocycles. The maximum absolute atomic E-state index is 6.18. The molecule has 0 amide bonds. The molecule has 0 aliphatic carbocycles. The monoisotopic (exact) mass is 269 g/mol. The molecule has 1 aromatic rings. The molecular weight excluding hydrogens is 246 g/mol. The molecule has 0 aromatic carbocycles. The van der Waals surface area contributed by atoms with E-state index in [-0.39, 0.29) is 0 Å². The summed E-state index contributed by atoms with van der Waals surface area (Å²) < 4.78 is 0. The van der Waals surface area contributed by atoms with Crippen LogP contribution in [-0.4, -0.2) is 24.6 Å². The topological polar surface area (TPSA) is 28.2 Å². The molecule has 0 aliphatic rings. The fourth-order valence-corrected chi connectivity index (χ4v) is 1.99. The fourth-order valence-electron chi connectivity index (χ4n) is 1.82. The molecule has 0 radical (unpaired) electrons. The van der Waals surface area contributed by atoms with E-state index < -0.39 is 0 Å². The number of anilines is 1. The number of rotatable bonds is 7. The van der Waals surface area contributed by atoms with Crippen molar-refractivity contribution >= 4 is 17.4 Å². The Balaban J connectivity index is 2.74. The van der Waals surface area contributed by atoms with Gasteiger partial charge in [0.2, 0.25) is 0 Å². The van der Waals surface area contributed by atoms with E-state index >= 15 is 0 Å². The summed E-state index contributed by atoms with van der Waals surface area (Å²) in [7, 11) is 0. The van der Waals surface area contributed by atoms with Gasteiger partial charge in [-0.1, -0.05) is 25.4 Å². The predicted molar refractivity (Wildman–Crippen MR) is 79.4 cm³/mol. The molecule has 0 spiro atoms. The molecule has 0 bridgehead atoms. The third kappa shape index (κ3) is 4.46. The average Bonchev–Trinajstić information content (AvgIpc) is 2.34. The van der Waals surface area contributed by atoms with Gasteiger partial charge < -0.3 is 10.2 Å². The van der Waals surface area contributed by atoms with Gasteiger partial charge in [-0.15, -0.1) is 0 Å². The van der Waals surface area contributed by atoms with Gasteiger partial charge in [-0.25, -0.2) is 4.98 Å². The number of pyridine rings is 1. The van der Waals surface area contributed by atoms with Gasteiger partial charge in [0, 0.05) is 25.8 Å². The van der Waals surface area contributed by atoms with Gasteiger partial charge in [-0.3, -0.25) is 0 Å². The normalized spacial score (nSPS) is 11.0. The second-order valence-electron chi connectivity index (χ2n) is 4.83. The van der Waals surface area contributed by atoms with Gasteiger partial charge in [0.15, 0.2) is 0 Å². The fraction of sp³-hybridized carbons (Fsp3) is 0.643. The molecule has 0 fully saturated rings. The second-order valence-corrected chi connectivity index (χ2v) is 5.24. The Labute approximate surface area is 116 Å². The van der Waals surface area contributed by atoms with Crippen LogP contribution in [0.1, 0.15) is 33.3 Å². The Morgan fingerprint density at radius 3 is 2.56 bits per heavy atom. The molecule has 102 valence electrons. The van der Waals surface area contributed by atoms with Crippen LogP contribution in [0.25, 0.3) is 0 Å². The third-order valence-electron chi connectivity index (χ3n) is 2.88. The Bertz CT molecular complexity index is 362. The van der Waals surface area contributed by atoms with Crippen LogP contribution in [0.5, 0.6) is 0 Å². The molecule has 0 atom stereocenters. The van der Waals surface area contributed by atoms with Gasteiger partial charge in [-0.2, -0.15) is 0 Å². The zero-order chi connectivity index (χ0) is 13.5. The van der Waals surface area contributed by atoms with Gasteiger partial charge in [0.05, 0.1) is 5.02 Å². The summed E-state index contributed by atoms with van der Waals surface area (Å²) in [6.45, 7) is 12.4. The highest BCUT2D eigenvalue weighted by Crippen LogP contribution is 2.20. The van der Waals surface area contributed by atoms with Gasteiger partial charge >= 0.3 is 0 Å². The van der Waals surface area contributed by atoms with Crippen molar-refractivity contribution < 1.29 is 0 Å². The first-order valence-electron chi connectivity index (χ1n) is 6.68. The Hall–Kier alpha value is -0.800. The van der Waals surface area contributed by atoms with Crippen LogP contribution in [0.4, 0.5) is 5.82 Å². The number of halogens is 1. The van der Waals surface area contributed by atoms with E-state index in [1.54, 1.807) is 6.20 Å². The highest BCUT2D eigenvalue weighted by atomic mass is 35.5. The standard InChI is InChI=1S/C14H24ClN3/c1-5-18(6-2)14-7-12(13(15)10-17-14)9-16-8-11(3)4/h7,10-11,16H,5-6,8-9H2,1-4H3. The quantitative estimate of drug-likeness (QED) is 0.823. The zero-order valence-corrected chi connectivity index (χ0v) is 12.6. The van der Waals surface area contributed by atoms with Crippen molar-refractivity contribution in [3.05, 3.63) is 22.8 Å². The molecule has 0 unspecified atom stereocenters. The number of aromatic nitrogens is 1. The van der Waals surface area contributed by atoms with Gasteiger partial charge in [0.25, 0.3) is 0 Å². The number of nitrogens with zero attached hydrogens (tertiary/aromatic N) is 2. The highest BCUT2D eigenvalue weighted by Gasteiger charge is 2.07. The first-order chi connectivity index (χ1) is 8.58. The van der Waals surface area contributed by atoms with Gasteiger partial charge in [-0.05, 0) is 37.9 Å². The molecule has 4 heteroatoms. The molecule has 1 rings (SSSR count). The Kier molecular flexibility index (Phi) is 6.44. The largest absolute Gasteiger partial charge is 0.357 e. The number of nitrogens with one attached hydrogen (secondary N) is 1. The SMILES string of the molecule is CCN(CC)c1cc(CNCC(C)C)c(Cl)cn1. The van der Waals surface area contributed by atoms with Crippen molar-refractivity contribution in [3.63, 3.8) is 0 Å². The summed E-state index contributed by atoms with van der Waals surface area (Å²) in [4.78, 5) is 6.61. The molecule has 18 heavy (non-hydrogen) atoms. The Morgan fingerprint density at radius 2 is 2.00 bits per heavy atom. The van der Waals surface area contributed by atoms with Crippen LogP contribution in [0, 0.1) is 5.92 Å². The maximum Gasteiger partial charge on any atom is 0.128 e. The molecule has 1 aromatic heterocycles. The highest BCUT2D eigenvalue weighted by molar-refractivity contribution is 6.31. The van der Waals surface area contributed by atoms with Crippen molar-refractivity contribution in [2.75, 3.05) is 24.5 Å². The third-order valence-corrected chi connectivity index (χ3v) is 3.22. The lowest BCUT2D eigenvalue weighted by atomic mass is 10.2.